The van der Waals surface area contributed by atoms with E-state index in [0.29, 0.717) is 26.4 Å². The minimum atomic E-state index is -0.715. The standard InChI is InChI=1S/C32H29BrN2O4S2/c1-5-38-31(37)27-28(20-9-7-6-8-10-20)34-32-35(29(27)21-11-14-24(40-4)15-12-21)30(36)26(41-32)18-22-17-23(33)13-16-25(22)39-19(2)3/h6-19,29H,5H2,1-4H3/b26-18+/t29-/m0/s1. The van der Waals surface area contributed by atoms with E-state index in [1.165, 1.54) is 11.3 Å². The predicted molar refractivity (Wildman–Crippen MR) is 169 cm³/mol. The Labute approximate surface area is 255 Å². The van der Waals surface area contributed by atoms with Crippen LogP contribution in [0.1, 0.15) is 43.5 Å². The Hall–Kier alpha value is -3.40. The minimum absolute atomic E-state index is 0.0330. The van der Waals surface area contributed by atoms with Gasteiger partial charge in [0.15, 0.2) is 4.80 Å². The number of esters is 1. The number of carbonyl (C=O) groups is 1. The van der Waals surface area contributed by atoms with Gasteiger partial charge in [0.25, 0.3) is 5.56 Å². The summed E-state index contributed by atoms with van der Waals surface area (Å²) < 4.78 is 14.5. The third-order valence-electron chi connectivity index (χ3n) is 6.43. The highest BCUT2D eigenvalue weighted by atomic mass is 79.9. The SMILES string of the molecule is CCOC(=O)C1=C(c2ccccc2)N=c2s/c(=C/c3cc(Br)ccc3OC(C)C)c(=O)n2[C@H]1c1ccc(SC)cc1. The van der Waals surface area contributed by atoms with Crippen molar-refractivity contribution in [2.45, 2.75) is 37.8 Å². The molecule has 210 valence electrons. The zero-order valence-corrected chi connectivity index (χ0v) is 26.3. The maximum atomic E-state index is 14.2. The van der Waals surface area contributed by atoms with Gasteiger partial charge in [-0.1, -0.05) is 69.7 Å². The van der Waals surface area contributed by atoms with Crippen LogP contribution < -0.4 is 19.6 Å². The summed E-state index contributed by atoms with van der Waals surface area (Å²) in [5.41, 5.74) is 2.94. The first-order valence-electron chi connectivity index (χ1n) is 13.2. The summed E-state index contributed by atoms with van der Waals surface area (Å²) in [4.78, 5) is 34.3. The lowest BCUT2D eigenvalue weighted by molar-refractivity contribution is -0.138. The number of fused-ring (bicyclic) bond motifs is 1. The van der Waals surface area contributed by atoms with Gasteiger partial charge in [0, 0.05) is 20.5 Å². The van der Waals surface area contributed by atoms with Crippen LogP contribution in [0.15, 0.2) is 97.5 Å². The predicted octanol–water partition coefficient (Wildman–Crippen LogP) is 6.21. The van der Waals surface area contributed by atoms with Crippen LogP contribution in [-0.2, 0) is 9.53 Å². The number of ether oxygens (including phenoxy) is 2. The van der Waals surface area contributed by atoms with E-state index in [2.05, 4.69) is 15.9 Å². The average Bonchev–Trinajstić information content (AvgIpc) is 3.28. The van der Waals surface area contributed by atoms with Gasteiger partial charge < -0.3 is 9.47 Å². The van der Waals surface area contributed by atoms with Crippen molar-refractivity contribution in [3.63, 3.8) is 0 Å². The number of thiazole rings is 1. The third kappa shape index (κ3) is 6.12. The number of thioether (sulfide) groups is 1. The summed E-state index contributed by atoms with van der Waals surface area (Å²) >= 11 is 6.46. The summed E-state index contributed by atoms with van der Waals surface area (Å²) in [7, 11) is 0. The van der Waals surface area contributed by atoms with Gasteiger partial charge in [0.2, 0.25) is 0 Å². The molecule has 0 bridgehead atoms. The molecule has 0 fully saturated rings. The van der Waals surface area contributed by atoms with Gasteiger partial charge in [-0.05, 0) is 69.0 Å². The second kappa shape index (κ2) is 12.6. The Bertz CT molecular complexity index is 1790. The molecule has 2 heterocycles. The molecule has 6 nitrogen and oxygen atoms in total. The number of hydrogen-bond donors (Lipinski definition) is 0. The van der Waals surface area contributed by atoms with Crippen LogP contribution >= 0.6 is 39.0 Å². The van der Waals surface area contributed by atoms with Gasteiger partial charge in [-0.2, -0.15) is 0 Å². The number of nitrogens with zero attached hydrogens (tertiary/aromatic N) is 2. The van der Waals surface area contributed by atoms with Crippen molar-refractivity contribution in [2.24, 2.45) is 4.99 Å². The number of aromatic nitrogens is 1. The van der Waals surface area contributed by atoms with Crippen LogP contribution in [0.2, 0.25) is 0 Å². The van der Waals surface area contributed by atoms with Crippen LogP contribution in [0.5, 0.6) is 5.75 Å². The van der Waals surface area contributed by atoms with Crippen LogP contribution in [-0.4, -0.2) is 29.5 Å². The van der Waals surface area contributed by atoms with Crippen molar-refractivity contribution in [3.8, 4) is 5.75 Å². The Morgan fingerprint density at radius 3 is 2.51 bits per heavy atom. The Morgan fingerprint density at radius 2 is 1.85 bits per heavy atom. The van der Waals surface area contributed by atoms with Gasteiger partial charge in [-0.15, -0.1) is 11.8 Å². The first kappa shape index (κ1) is 29.1. The van der Waals surface area contributed by atoms with Crippen LogP contribution in [0.25, 0.3) is 11.8 Å². The zero-order valence-electron chi connectivity index (χ0n) is 23.1. The first-order valence-corrected chi connectivity index (χ1v) is 16.0. The Balaban J connectivity index is 1.81. The maximum absolute atomic E-state index is 14.2. The van der Waals surface area contributed by atoms with E-state index < -0.39 is 12.0 Å². The fraction of sp³-hybridized carbons (Fsp3) is 0.219. The fourth-order valence-corrected chi connectivity index (χ4v) is 6.46. The number of benzene rings is 3. The molecule has 9 heteroatoms. The van der Waals surface area contributed by atoms with Crippen LogP contribution in [0, 0.1) is 0 Å². The minimum Gasteiger partial charge on any atom is -0.490 e. The number of halogens is 1. The number of hydrogen-bond acceptors (Lipinski definition) is 7. The maximum Gasteiger partial charge on any atom is 0.338 e. The average molecular weight is 650 g/mol. The van der Waals surface area contributed by atoms with Gasteiger partial charge in [-0.25, -0.2) is 9.79 Å². The normalized spacial score (nSPS) is 15.1. The van der Waals surface area contributed by atoms with E-state index in [0.717, 1.165) is 26.1 Å². The van der Waals surface area contributed by atoms with Crippen molar-refractivity contribution in [1.82, 2.24) is 4.57 Å². The molecule has 0 saturated heterocycles. The number of rotatable bonds is 8. The lowest BCUT2D eigenvalue weighted by Gasteiger charge is -2.26. The summed E-state index contributed by atoms with van der Waals surface area (Å²) in [6, 6.07) is 22.5. The van der Waals surface area contributed by atoms with Crippen molar-refractivity contribution in [2.75, 3.05) is 12.9 Å². The van der Waals surface area contributed by atoms with Crippen molar-refractivity contribution in [3.05, 3.63) is 119 Å². The van der Waals surface area contributed by atoms with Gasteiger partial charge in [0.1, 0.15) is 5.75 Å². The van der Waals surface area contributed by atoms with Gasteiger partial charge in [-0.3, -0.25) is 9.36 Å². The molecular formula is C32H29BrN2O4S2. The highest BCUT2D eigenvalue weighted by Gasteiger charge is 2.35. The van der Waals surface area contributed by atoms with Crippen LogP contribution in [0.4, 0.5) is 0 Å². The quantitative estimate of drug-likeness (QED) is 0.168. The largest absolute Gasteiger partial charge is 0.490 e. The monoisotopic (exact) mass is 648 g/mol. The molecule has 0 spiro atoms. The second-order valence-corrected chi connectivity index (χ2v) is 12.4. The van der Waals surface area contributed by atoms with Crippen molar-refractivity contribution in [1.29, 1.82) is 0 Å². The summed E-state index contributed by atoms with van der Waals surface area (Å²) in [6.45, 7) is 5.90. The molecule has 0 amide bonds. The summed E-state index contributed by atoms with van der Waals surface area (Å²) in [5.74, 6) is 0.179. The molecule has 1 atom stereocenters. The molecule has 0 unspecified atom stereocenters. The topological polar surface area (TPSA) is 69.9 Å². The molecule has 5 rings (SSSR count). The zero-order chi connectivity index (χ0) is 29.1. The highest BCUT2D eigenvalue weighted by molar-refractivity contribution is 9.10. The van der Waals surface area contributed by atoms with E-state index >= 15 is 0 Å². The lowest BCUT2D eigenvalue weighted by atomic mass is 9.93. The summed E-state index contributed by atoms with van der Waals surface area (Å²) in [6.07, 6.45) is 3.81. The van der Waals surface area contributed by atoms with E-state index in [-0.39, 0.29) is 18.3 Å². The smallest absolute Gasteiger partial charge is 0.338 e. The highest BCUT2D eigenvalue weighted by Crippen LogP contribution is 2.35. The first-order chi connectivity index (χ1) is 19.8. The van der Waals surface area contributed by atoms with Crippen molar-refractivity contribution < 1.29 is 14.3 Å². The molecule has 0 radical (unpaired) electrons. The lowest BCUT2D eigenvalue weighted by Crippen LogP contribution is -2.40. The molecule has 0 aliphatic carbocycles. The second-order valence-electron chi connectivity index (χ2n) is 9.55. The molecule has 3 aromatic carbocycles. The van der Waals surface area contributed by atoms with Crippen molar-refractivity contribution >= 4 is 56.8 Å². The third-order valence-corrected chi connectivity index (χ3v) is 8.65. The fourth-order valence-electron chi connectivity index (χ4n) is 4.68. The Morgan fingerprint density at radius 1 is 1.12 bits per heavy atom. The molecule has 41 heavy (non-hydrogen) atoms. The molecule has 1 aliphatic rings. The molecule has 4 aromatic rings. The molecule has 1 aliphatic heterocycles. The van der Waals surface area contributed by atoms with E-state index in [1.807, 2.05) is 99.0 Å². The van der Waals surface area contributed by atoms with Gasteiger partial charge >= 0.3 is 5.97 Å². The number of carbonyl (C=O) groups excluding carboxylic acids is 1. The molecule has 0 N–H and O–H groups in total. The summed E-state index contributed by atoms with van der Waals surface area (Å²) in [5, 5.41) is 0. The van der Waals surface area contributed by atoms with Gasteiger partial charge in [0.05, 0.1) is 34.6 Å². The molecular weight excluding hydrogens is 620 g/mol. The molecule has 0 saturated carbocycles. The van der Waals surface area contributed by atoms with E-state index in [4.69, 9.17) is 14.5 Å². The van der Waals surface area contributed by atoms with Crippen LogP contribution in [0.3, 0.4) is 0 Å². The molecule has 1 aromatic heterocycles. The Kier molecular flexibility index (Phi) is 8.97. The van der Waals surface area contributed by atoms with E-state index in [9.17, 15) is 9.59 Å². The van der Waals surface area contributed by atoms with E-state index in [1.54, 1.807) is 23.3 Å².